The van der Waals surface area contributed by atoms with Gasteiger partial charge < -0.3 is 21.8 Å². The van der Waals surface area contributed by atoms with Crippen molar-refractivity contribution in [1.29, 1.82) is 0 Å². The first-order valence-electron chi connectivity index (χ1n) is 21.8. The predicted octanol–water partition coefficient (Wildman–Crippen LogP) is 15.3. The fourth-order valence-corrected chi connectivity index (χ4v) is 32.7. The molecule has 2 aromatic carbocycles. The molecule has 0 aromatic heterocycles. The Morgan fingerprint density at radius 3 is 0.873 bits per heavy atom. The van der Waals surface area contributed by atoms with Crippen LogP contribution in [0.4, 0.5) is 0 Å². The first kappa shape index (κ1) is 54.2. The Kier molecular flexibility index (Phi) is 26.0. The average molecular weight is 868 g/mol. The van der Waals surface area contributed by atoms with Gasteiger partial charge in [0.1, 0.15) is 24.0 Å². The molecule has 0 unspecified atom stereocenters. The molecule has 0 aliphatic heterocycles. The summed E-state index contributed by atoms with van der Waals surface area (Å²) in [4.78, 5) is 0. The summed E-state index contributed by atoms with van der Waals surface area (Å²) in [5.41, 5.74) is 2.42. The fourth-order valence-electron chi connectivity index (χ4n) is 6.84. The summed E-state index contributed by atoms with van der Waals surface area (Å²) in [6.07, 6.45) is 11.9. The van der Waals surface area contributed by atoms with Crippen molar-refractivity contribution >= 4 is 49.9 Å². The lowest BCUT2D eigenvalue weighted by atomic mass is 10.2. The zero-order valence-corrected chi connectivity index (χ0v) is 45.6. The second-order valence-corrected chi connectivity index (χ2v) is 45.6. The van der Waals surface area contributed by atoms with E-state index in [2.05, 4.69) is 144 Å². The largest absolute Gasteiger partial charge is 0.494 e. The van der Waals surface area contributed by atoms with Crippen LogP contribution in [-0.2, 0) is 12.3 Å². The van der Waals surface area contributed by atoms with E-state index in [-0.39, 0.29) is 0 Å². The number of rotatable bonds is 24. The van der Waals surface area contributed by atoms with Crippen molar-refractivity contribution in [1.82, 2.24) is 0 Å². The zero-order chi connectivity index (χ0) is 42.4. The van der Waals surface area contributed by atoms with Gasteiger partial charge in [-0.25, -0.2) is 0 Å². The molecular formula is C44H90O5Si6. The maximum Gasteiger partial charge on any atom is 0.213 e. The van der Waals surface area contributed by atoms with Crippen molar-refractivity contribution in [2.75, 3.05) is 12.5 Å². The summed E-state index contributed by atoms with van der Waals surface area (Å²) >= 11 is 0. The van der Waals surface area contributed by atoms with Crippen LogP contribution in [-0.4, -0.2) is 62.4 Å². The summed E-state index contributed by atoms with van der Waals surface area (Å²) in [6, 6.07) is 21.7. The van der Waals surface area contributed by atoms with Gasteiger partial charge in [-0.2, -0.15) is 0 Å². The minimum absolute atomic E-state index is 0.650. The summed E-state index contributed by atoms with van der Waals surface area (Å²) in [5, 5.41) is 0. The van der Waals surface area contributed by atoms with E-state index in [9.17, 15) is 0 Å². The third kappa shape index (κ3) is 29.1. The molecule has 0 bridgehead atoms. The lowest BCUT2D eigenvalue weighted by molar-refractivity contribution is 0.329. The average Bonchev–Trinajstić information content (AvgIpc) is 3.06. The van der Waals surface area contributed by atoms with Gasteiger partial charge in [0.2, 0.25) is 16.6 Å². The van der Waals surface area contributed by atoms with Crippen molar-refractivity contribution in [3.8, 4) is 11.5 Å². The van der Waals surface area contributed by atoms with Crippen molar-refractivity contribution < 1.29 is 21.8 Å². The van der Waals surface area contributed by atoms with Crippen molar-refractivity contribution in [3.63, 3.8) is 0 Å². The highest BCUT2D eigenvalue weighted by molar-refractivity contribution is 6.86. The number of hydrogen-bond acceptors (Lipinski definition) is 5. The molecule has 0 atom stereocenters. The van der Waals surface area contributed by atoms with Gasteiger partial charge >= 0.3 is 0 Å². The van der Waals surface area contributed by atoms with Gasteiger partial charge in [-0.1, -0.05) is 103 Å². The zero-order valence-electron chi connectivity index (χ0n) is 39.6. The molecule has 0 radical (unpaired) electrons. The van der Waals surface area contributed by atoms with Crippen LogP contribution in [0, 0.1) is 13.8 Å². The van der Waals surface area contributed by atoms with Gasteiger partial charge in [0.25, 0.3) is 0 Å². The molecule has 0 N–H and O–H groups in total. The predicted molar refractivity (Wildman–Crippen MR) is 260 cm³/mol. The standard InChI is InChI=1S/C20H30O3Si2.2C12H30OSi2/c1-17-9-7-11-19(13-17)21-15-24(3,4)23-25(5,6)16-22-20-12-8-10-18(2)14-20;2*1-7-9-11-14(3,4)13-15(5,6)12-10-8-2/h7-14H,15-16H2,1-6H3;2*7-12H2,1-6H3. The second-order valence-electron chi connectivity index (χ2n) is 19.5. The molecule has 5 nitrogen and oxygen atoms in total. The van der Waals surface area contributed by atoms with Gasteiger partial charge in [0, 0.05) is 0 Å². The van der Waals surface area contributed by atoms with Crippen LogP contribution in [0.25, 0.3) is 0 Å². The minimum Gasteiger partial charge on any atom is -0.494 e. The Hall–Kier alpha value is -0.779. The van der Waals surface area contributed by atoms with Crippen LogP contribution in [0.2, 0.25) is 103 Å². The molecule has 0 saturated heterocycles. The van der Waals surface area contributed by atoms with Gasteiger partial charge in [-0.3, -0.25) is 0 Å². The molecule has 0 heterocycles. The van der Waals surface area contributed by atoms with Gasteiger partial charge in [0.15, 0.2) is 33.3 Å². The quantitative estimate of drug-likeness (QED) is 0.0984. The molecule has 11 heteroatoms. The Morgan fingerprint density at radius 1 is 0.382 bits per heavy atom. The van der Waals surface area contributed by atoms with Crippen molar-refractivity contribution in [2.24, 2.45) is 0 Å². The third-order valence-corrected chi connectivity index (χ3v) is 30.5. The van der Waals surface area contributed by atoms with Crippen molar-refractivity contribution in [2.45, 2.75) is 196 Å². The Bertz CT molecular complexity index is 1170. The van der Waals surface area contributed by atoms with Gasteiger partial charge in [-0.05, 0) is 152 Å². The van der Waals surface area contributed by atoms with Crippen LogP contribution in [0.3, 0.4) is 0 Å². The molecule has 2 aromatic rings. The monoisotopic (exact) mass is 867 g/mol. The molecule has 0 fully saturated rings. The van der Waals surface area contributed by atoms with Crippen LogP contribution < -0.4 is 9.47 Å². The van der Waals surface area contributed by atoms with E-state index in [1.807, 2.05) is 24.3 Å². The SMILES string of the molecule is CCCC[Si](C)(C)O[Si](C)(C)CCCC.CCCC[Si](C)(C)O[Si](C)(C)CCCC.Cc1cccc(OC[Si](C)(C)O[Si](C)(C)COc2cccc(C)c2)c1. The maximum atomic E-state index is 6.56. The van der Waals surface area contributed by atoms with Crippen molar-refractivity contribution in [3.05, 3.63) is 59.7 Å². The first-order valence-corrected chi connectivity index (χ1v) is 40.5. The molecule has 0 saturated carbocycles. The number of aryl methyl sites for hydroxylation is 2. The molecule has 0 amide bonds. The maximum absolute atomic E-state index is 6.56. The molecule has 0 aliphatic rings. The summed E-state index contributed by atoms with van der Waals surface area (Å²) in [7, 11) is -9.25. The van der Waals surface area contributed by atoms with Crippen LogP contribution in [0.5, 0.6) is 11.5 Å². The van der Waals surface area contributed by atoms with E-state index in [0.717, 1.165) is 11.5 Å². The molecule has 2 rings (SSSR count). The number of ether oxygens (including phenoxy) is 2. The summed E-state index contributed by atoms with van der Waals surface area (Å²) in [6.45, 7) is 41.2. The van der Waals surface area contributed by atoms with E-state index in [1.54, 1.807) is 0 Å². The first-order chi connectivity index (χ1) is 25.3. The second kappa shape index (κ2) is 26.3. The Balaban J connectivity index is 0.000000846. The van der Waals surface area contributed by atoms with E-state index < -0.39 is 49.9 Å². The minimum atomic E-state index is -1.93. The lowest BCUT2D eigenvalue weighted by Gasteiger charge is -2.34. The van der Waals surface area contributed by atoms with E-state index >= 15 is 0 Å². The van der Waals surface area contributed by atoms with E-state index in [4.69, 9.17) is 21.8 Å². The molecule has 0 spiro atoms. The van der Waals surface area contributed by atoms with E-state index in [1.165, 1.54) is 86.7 Å². The highest BCUT2D eigenvalue weighted by Crippen LogP contribution is 2.26. The Labute approximate surface area is 349 Å². The van der Waals surface area contributed by atoms with Crippen LogP contribution >= 0.6 is 0 Å². The number of unbranched alkanes of at least 4 members (excludes halogenated alkanes) is 4. The van der Waals surface area contributed by atoms with E-state index in [0.29, 0.717) is 12.5 Å². The smallest absolute Gasteiger partial charge is 0.213 e. The highest BCUT2D eigenvalue weighted by Gasteiger charge is 2.35. The topological polar surface area (TPSA) is 46.2 Å². The van der Waals surface area contributed by atoms with Crippen LogP contribution in [0.15, 0.2) is 48.5 Å². The normalized spacial score (nSPS) is 12.7. The lowest BCUT2D eigenvalue weighted by Crippen LogP contribution is -2.51. The van der Waals surface area contributed by atoms with Gasteiger partial charge in [0.05, 0.1) is 0 Å². The molecule has 320 valence electrons. The Morgan fingerprint density at radius 2 is 0.636 bits per heavy atom. The summed E-state index contributed by atoms with van der Waals surface area (Å²) in [5.74, 6) is 1.83. The molecule has 0 aliphatic carbocycles. The highest BCUT2D eigenvalue weighted by atomic mass is 28.4. The molecule has 55 heavy (non-hydrogen) atoms. The van der Waals surface area contributed by atoms with Gasteiger partial charge in [-0.15, -0.1) is 0 Å². The fraction of sp³-hybridized carbons (Fsp3) is 0.727. The molecular weight excluding hydrogens is 777 g/mol. The third-order valence-electron chi connectivity index (χ3n) is 9.34. The summed E-state index contributed by atoms with van der Waals surface area (Å²) < 4.78 is 31.6. The number of benzene rings is 2. The number of hydrogen-bond donors (Lipinski definition) is 0. The van der Waals surface area contributed by atoms with Crippen LogP contribution in [0.1, 0.15) is 90.2 Å².